The molecule has 0 saturated heterocycles. The summed E-state index contributed by atoms with van der Waals surface area (Å²) in [4.78, 5) is 12.0. The molecule has 0 unspecified atom stereocenters. The molecular weight excluding hydrogens is 202 g/mol. The lowest BCUT2D eigenvalue weighted by molar-refractivity contribution is 0.0880. The molecule has 0 aromatic carbocycles. The van der Waals surface area contributed by atoms with Crippen molar-refractivity contribution in [1.82, 2.24) is 15.1 Å². The van der Waals surface area contributed by atoms with Crippen LogP contribution >= 0.6 is 11.6 Å². The predicted molar refractivity (Wildman–Crippen MR) is 55.7 cm³/mol. The fourth-order valence-electron chi connectivity index (χ4n) is 1.08. The Balaban J connectivity index is 3.13. The highest BCUT2D eigenvalue weighted by Crippen LogP contribution is 2.19. The van der Waals surface area contributed by atoms with Crippen molar-refractivity contribution in [1.29, 1.82) is 0 Å². The summed E-state index contributed by atoms with van der Waals surface area (Å²) in [6.07, 6.45) is 1.47. The highest BCUT2D eigenvalue weighted by Gasteiger charge is 2.30. The summed E-state index contributed by atoms with van der Waals surface area (Å²) in [6, 6.07) is 0. The lowest BCUT2D eigenvalue weighted by atomic mass is 9.97. The maximum absolute atomic E-state index is 12.0. The average Bonchev–Trinajstić information content (AvgIpc) is 2.45. The molecule has 1 rings (SSSR count). The molecular formula is C9H14ClN3O. The Bertz CT molecular complexity index is 337. The molecule has 0 radical (unpaired) electrons. The number of hydrogen-bond acceptors (Lipinski definition) is 3. The Kier molecular flexibility index (Phi) is 2.97. The lowest BCUT2D eigenvalue weighted by Crippen LogP contribution is -2.45. The number of carbonyl (C=O) groups is 1. The smallest absolute Gasteiger partial charge is 0.201 e. The molecule has 0 amide bonds. The van der Waals surface area contributed by atoms with Gasteiger partial charge in [0, 0.05) is 7.05 Å². The summed E-state index contributed by atoms with van der Waals surface area (Å²) in [5.41, 5.74) is -0.191. The first kappa shape index (κ1) is 11.2. The summed E-state index contributed by atoms with van der Waals surface area (Å²) >= 11 is 5.87. The van der Waals surface area contributed by atoms with E-state index in [9.17, 15) is 4.79 Å². The van der Waals surface area contributed by atoms with E-state index in [-0.39, 0.29) is 5.78 Å². The van der Waals surface area contributed by atoms with Gasteiger partial charge in [0.25, 0.3) is 0 Å². The third-order valence-corrected chi connectivity index (χ3v) is 2.58. The summed E-state index contributed by atoms with van der Waals surface area (Å²) in [5.74, 6) is -0.0648. The molecule has 0 aliphatic heterocycles. The van der Waals surface area contributed by atoms with Gasteiger partial charge in [-0.05, 0) is 20.9 Å². The van der Waals surface area contributed by atoms with Crippen LogP contribution in [0.3, 0.4) is 0 Å². The Morgan fingerprint density at radius 1 is 1.64 bits per heavy atom. The van der Waals surface area contributed by atoms with E-state index in [2.05, 4.69) is 10.4 Å². The zero-order valence-electron chi connectivity index (χ0n) is 8.76. The van der Waals surface area contributed by atoms with Crippen molar-refractivity contribution in [2.75, 3.05) is 7.05 Å². The van der Waals surface area contributed by atoms with Gasteiger partial charge in [0.2, 0.25) is 5.78 Å². The van der Waals surface area contributed by atoms with E-state index in [0.717, 1.165) is 0 Å². The van der Waals surface area contributed by atoms with Gasteiger partial charge >= 0.3 is 0 Å². The quantitative estimate of drug-likeness (QED) is 0.773. The molecule has 0 bridgehead atoms. The van der Waals surface area contributed by atoms with Crippen LogP contribution in [0.15, 0.2) is 6.20 Å². The zero-order valence-corrected chi connectivity index (χ0v) is 9.51. The van der Waals surface area contributed by atoms with Crippen LogP contribution in [0.2, 0.25) is 5.02 Å². The normalized spacial score (nSPS) is 11.8. The molecule has 5 heteroatoms. The largest absolute Gasteiger partial charge is 0.308 e. The Hall–Kier alpha value is -0.870. The van der Waals surface area contributed by atoms with Crippen LogP contribution in [0.5, 0.6) is 0 Å². The molecule has 0 aliphatic carbocycles. The molecule has 1 N–H and O–H groups in total. The standard InChI is InChI=1S/C9H14ClN3O/c1-9(2,11-3)8(14)7-6(10)5-12-13(7)4/h5,11H,1-4H3. The second-order valence-corrected chi connectivity index (χ2v) is 4.08. The van der Waals surface area contributed by atoms with Gasteiger partial charge in [-0.15, -0.1) is 0 Å². The number of likely N-dealkylation sites (N-methyl/N-ethyl adjacent to an activating group) is 1. The van der Waals surface area contributed by atoms with Gasteiger partial charge in [-0.3, -0.25) is 9.48 Å². The molecule has 1 heterocycles. The molecule has 0 atom stereocenters. The van der Waals surface area contributed by atoms with E-state index in [1.54, 1.807) is 27.9 Å². The van der Waals surface area contributed by atoms with Gasteiger partial charge in [-0.2, -0.15) is 5.10 Å². The number of nitrogens with zero attached hydrogens (tertiary/aromatic N) is 2. The van der Waals surface area contributed by atoms with Crippen molar-refractivity contribution >= 4 is 17.4 Å². The molecule has 1 aromatic rings. The van der Waals surface area contributed by atoms with Crippen LogP contribution in [0, 0.1) is 0 Å². The van der Waals surface area contributed by atoms with Gasteiger partial charge in [-0.1, -0.05) is 11.6 Å². The average molecular weight is 216 g/mol. The zero-order chi connectivity index (χ0) is 10.9. The number of halogens is 1. The fraction of sp³-hybridized carbons (Fsp3) is 0.556. The molecule has 1 aromatic heterocycles. The van der Waals surface area contributed by atoms with E-state index >= 15 is 0 Å². The number of aromatic nitrogens is 2. The summed E-state index contributed by atoms with van der Waals surface area (Å²) in [6.45, 7) is 3.61. The van der Waals surface area contributed by atoms with E-state index < -0.39 is 5.54 Å². The van der Waals surface area contributed by atoms with Gasteiger partial charge < -0.3 is 5.32 Å². The Morgan fingerprint density at radius 3 is 2.57 bits per heavy atom. The predicted octanol–water partition coefficient (Wildman–Crippen LogP) is 1.25. The maximum atomic E-state index is 12.0. The van der Waals surface area contributed by atoms with Crippen LogP contribution in [0.1, 0.15) is 24.3 Å². The second kappa shape index (κ2) is 3.71. The van der Waals surface area contributed by atoms with E-state index in [4.69, 9.17) is 11.6 Å². The first-order valence-electron chi connectivity index (χ1n) is 4.31. The number of ketones is 1. The maximum Gasteiger partial charge on any atom is 0.201 e. The second-order valence-electron chi connectivity index (χ2n) is 3.67. The number of rotatable bonds is 3. The molecule has 0 aliphatic rings. The van der Waals surface area contributed by atoms with E-state index in [0.29, 0.717) is 10.7 Å². The molecule has 4 nitrogen and oxygen atoms in total. The minimum absolute atomic E-state index is 0.0648. The minimum atomic E-state index is -0.628. The van der Waals surface area contributed by atoms with Crippen LogP contribution in [-0.4, -0.2) is 28.2 Å². The number of nitrogens with one attached hydrogen (secondary N) is 1. The molecule has 78 valence electrons. The van der Waals surface area contributed by atoms with E-state index in [1.807, 2.05) is 0 Å². The minimum Gasteiger partial charge on any atom is -0.308 e. The SMILES string of the molecule is CNC(C)(C)C(=O)c1c(Cl)cnn1C. The van der Waals surface area contributed by atoms with Crippen molar-refractivity contribution in [2.24, 2.45) is 7.05 Å². The monoisotopic (exact) mass is 215 g/mol. The van der Waals surface area contributed by atoms with Crippen molar-refractivity contribution in [3.63, 3.8) is 0 Å². The number of carbonyl (C=O) groups excluding carboxylic acids is 1. The third kappa shape index (κ3) is 1.81. The Morgan fingerprint density at radius 2 is 2.21 bits per heavy atom. The van der Waals surface area contributed by atoms with Crippen LogP contribution in [0.4, 0.5) is 0 Å². The number of hydrogen-bond donors (Lipinski definition) is 1. The number of aryl methyl sites for hydroxylation is 1. The third-order valence-electron chi connectivity index (χ3n) is 2.30. The van der Waals surface area contributed by atoms with Gasteiger partial charge in [0.1, 0.15) is 5.69 Å². The highest BCUT2D eigenvalue weighted by atomic mass is 35.5. The topological polar surface area (TPSA) is 46.9 Å². The summed E-state index contributed by atoms with van der Waals surface area (Å²) in [5, 5.41) is 7.25. The first-order valence-corrected chi connectivity index (χ1v) is 4.69. The highest BCUT2D eigenvalue weighted by molar-refractivity contribution is 6.34. The van der Waals surface area contributed by atoms with Crippen molar-refractivity contribution in [2.45, 2.75) is 19.4 Å². The van der Waals surface area contributed by atoms with Gasteiger partial charge in [-0.25, -0.2) is 0 Å². The molecule has 0 saturated carbocycles. The van der Waals surface area contributed by atoms with E-state index in [1.165, 1.54) is 10.9 Å². The first-order chi connectivity index (χ1) is 6.40. The van der Waals surface area contributed by atoms with Gasteiger partial charge in [0.15, 0.2) is 0 Å². The molecule has 0 fully saturated rings. The number of Topliss-reactive ketones (excluding diaryl/α,β-unsaturated/α-hetero) is 1. The summed E-state index contributed by atoms with van der Waals surface area (Å²) < 4.78 is 1.49. The van der Waals surface area contributed by atoms with Crippen molar-refractivity contribution < 1.29 is 4.79 Å². The van der Waals surface area contributed by atoms with Crippen LogP contribution in [0.25, 0.3) is 0 Å². The van der Waals surface area contributed by atoms with Crippen molar-refractivity contribution in [3.8, 4) is 0 Å². The summed E-state index contributed by atoms with van der Waals surface area (Å²) in [7, 11) is 3.44. The fourth-order valence-corrected chi connectivity index (χ4v) is 1.33. The lowest BCUT2D eigenvalue weighted by Gasteiger charge is -2.22. The molecule has 14 heavy (non-hydrogen) atoms. The van der Waals surface area contributed by atoms with Crippen LogP contribution < -0.4 is 5.32 Å². The Labute approximate surface area is 88.2 Å². The van der Waals surface area contributed by atoms with Crippen molar-refractivity contribution in [3.05, 3.63) is 16.9 Å². The van der Waals surface area contributed by atoms with Crippen LogP contribution in [-0.2, 0) is 7.05 Å². The molecule has 0 spiro atoms. The van der Waals surface area contributed by atoms with Gasteiger partial charge in [0.05, 0.1) is 16.8 Å².